The summed E-state index contributed by atoms with van der Waals surface area (Å²) >= 11 is 1.35. The lowest BCUT2D eigenvalue weighted by Crippen LogP contribution is -2.12. The molecule has 0 radical (unpaired) electrons. The number of hydrogen-bond acceptors (Lipinski definition) is 7. The van der Waals surface area contributed by atoms with Gasteiger partial charge in [0.15, 0.2) is 5.75 Å². The molecule has 0 bridgehead atoms. The smallest absolute Gasteiger partial charge is 0.315 e. The summed E-state index contributed by atoms with van der Waals surface area (Å²) in [4.78, 5) is 28.7. The van der Waals surface area contributed by atoms with Gasteiger partial charge in [-0.1, -0.05) is 30.3 Å². The molecular weight excluding hydrogens is 392 g/mol. The van der Waals surface area contributed by atoms with Crippen molar-refractivity contribution in [2.24, 2.45) is 0 Å². The standard InChI is InChI=1S/C21H16N2O5S/c1-28-17-11-12(10-16(19(17)25)23(26)27)9-14-7-8-15-20(18(14)24)29-21(22-15)13-5-3-2-4-6-13/h2-6,9-11,25H,7-8H2,1H3/b14-9+. The number of aromatic hydroxyl groups is 1. The van der Waals surface area contributed by atoms with E-state index in [1.54, 1.807) is 6.08 Å². The van der Waals surface area contributed by atoms with Gasteiger partial charge in [-0.15, -0.1) is 11.3 Å². The number of ether oxygens (including phenoxy) is 1. The van der Waals surface area contributed by atoms with Crippen molar-refractivity contribution >= 4 is 28.9 Å². The first kappa shape index (κ1) is 18.8. The first-order valence-electron chi connectivity index (χ1n) is 8.83. The second-order valence-electron chi connectivity index (χ2n) is 6.51. The van der Waals surface area contributed by atoms with Crippen LogP contribution in [-0.4, -0.2) is 27.9 Å². The number of aromatic nitrogens is 1. The first-order valence-corrected chi connectivity index (χ1v) is 9.65. The van der Waals surface area contributed by atoms with Gasteiger partial charge < -0.3 is 9.84 Å². The molecule has 0 saturated heterocycles. The lowest BCUT2D eigenvalue weighted by molar-refractivity contribution is -0.386. The van der Waals surface area contributed by atoms with E-state index in [9.17, 15) is 20.0 Å². The van der Waals surface area contributed by atoms with E-state index in [0.717, 1.165) is 16.3 Å². The number of allylic oxidation sites excluding steroid dienone is 1. The van der Waals surface area contributed by atoms with Gasteiger partial charge in [0.05, 0.1) is 22.6 Å². The molecule has 0 spiro atoms. The van der Waals surface area contributed by atoms with Gasteiger partial charge in [-0.3, -0.25) is 14.9 Å². The Morgan fingerprint density at radius 1 is 1.24 bits per heavy atom. The van der Waals surface area contributed by atoms with E-state index in [1.165, 1.54) is 30.6 Å². The maximum atomic E-state index is 13.0. The van der Waals surface area contributed by atoms with Gasteiger partial charge in [0.1, 0.15) is 5.01 Å². The average Bonchev–Trinajstić information content (AvgIpc) is 3.17. The number of fused-ring (bicyclic) bond motifs is 1. The summed E-state index contributed by atoms with van der Waals surface area (Å²) in [5.74, 6) is -0.674. The molecule has 146 valence electrons. The number of rotatable bonds is 4. The summed E-state index contributed by atoms with van der Waals surface area (Å²) in [6.45, 7) is 0. The van der Waals surface area contributed by atoms with Crippen LogP contribution in [0.2, 0.25) is 0 Å². The highest BCUT2D eigenvalue weighted by molar-refractivity contribution is 7.17. The average molecular weight is 408 g/mol. The zero-order valence-electron chi connectivity index (χ0n) is 15.4. The van der Waals surface area contributed by atoms with Crippen molar-refractivity contribution in [2.75, 3.05) is 7.11 Å². The summed E-state index contributed by atoms with van der Waals surface area (Å²) in [5, 5.41) is 21.9. The summed E-state index contributed by atoms with van der Waals surface area (Å²) in [6.07, 6.45) is 2.72. The van der Waals surface area contributed by atoms with Crippen molar-refractivity contribution in [3.8, 4) is 22.1 Å². The number of thiazole rings is 1. The zero-order chi connectivity index (χ0) is 20.5. The number of nitrogens with zero attached hydrogens (tertiary/aromatic N) is 2. The van der Waals surface area contributed by atoms with E-state index in [2.05, 4.69) is 4.98 Å². The lowest BCUT2D eigenvalue weighted by Gasteiger charge is -2.12. The Hall–Kier alpha value is -3.52. The Kier molecular flexibility index (Phi) is 4.85. The molecule has 1 aliphatic carbocycles. The minimum absolute atomic E-state index is 0.0147. The van der Waals surface area contributed by atoms with Gasteiger partial charge in [-0.2, -0.15) is 0 Å². The van der Waals surface area contributed by atoms with Gasteiger partial charge in [0, 0.05) is 17.2 Å². The molecule has 0 atom stereocenters. The number of phenolic OH excluding ortho intramolecular Hbond substituents is 1. The normalized spacial score (nSPS) is 14.7. The summed E-state index contributed by atoms with van der Waals surface area (Å²) < 4.78 is 5.02. The maximum absolute atomic E-state index is 13.0. The minimum atomic E-state index is -0.685. The van der Waals surface area contributed by atoms with Crippen LogP contribution in [0, 0.1) is 10.1 Å². The van der Waals surface area contributed by atoms with Crippen LogP contribution in [0.15, 0.2) is 48.0 Å². The van der Waals surface area contributed by atoms with Gasteiger partial charge >= 0.3 is 5.69 Å². The third-order valence-corrected chi connectivity index (χ3v) is 5.83. The number of phenols is 1. The number of nitro benzene ring substituents is 1. The lowest BCUT2D eigenvalue weighted by atomic mass is 9.94. The Morgan fingerprint density at radius 3 is 2.69 bits per heavy atom. The maximum Gasteiger partial charge on any atom is 0.315 e. The molecule has 1 aromatic heterocycles. The molecule has 0 aliphatic heterocycles. The molecule has 4 rings (SSSR count). The Labute approximate surface area is 170 Å². The molecule has 29 heavy (non-hydrogen) atoms. The first-order chi connectivity index (χ1) is 14.0. The van der Waals surface area contributed by atoms with Crippen LogP contribution in [-0.2, 0) is 6.42 Å². The van der Waals surface area contributed by atoms with Gasteiger partial charge in [-0.05, 0) is 30.5 Å². The predicted molar refractivity (Wildman–Crippen MR) is 109 cm³/mol. The molecule has 1 heterocycles. The van der Waals surface area contributed by atoms with Crippen molar-refractivity contribution < 1.29 is 19.6 Å². The van der Waals surface area contributed by atoms with Crippen LogP contribution < -0.4 is 4.74 Å². The van der Waals surface area contributed by atoms with Crippen molar-refractivity contribution in [2.45, 2.75) is 12.8 Å². The van der Waals surface area contributed by atoms with Crippen molar-refractivity contribution in [1.82, 2.24) is 4.98 Å². The van der Waals surface area contributed by atoms with Crippen LogP contribution in [0.25, 0.3) is 16.6 Å². The monoisotopic (exact) mass is 408 g/mol. The highest BCUT2D eigenvalue weighted by atomic mass is 32.1. The number of methoxy groups -OCH3 is 1. The topological polar surface area (TPSA) is 103 Å². The van der Waals surface area contributed by atoms with Crippen LogP contribution >= 0.6 is 11.3 Å². The quantitative estimate of drug-likeness (QED) is 0.383. The van der Waals surface area contributed by atoms with E-state index in [0.29, 0.717) is 28.9 Å². The van der Waals surface area contributed by atoms with Crippen molar-refractivity contribution in [3.63, 3.8) is 0 Å². The molecule has 2 aromatic carbocycles. The second kappa shape index (κ2) is 7.48. The van der Waals surface area contributed by atoms with Crippen molar-refractivity contribution in [3.05, 3.63) is 74.3 Å². The molecule has 1 aliphatic rings. The fourth-order valence-corrected chi connectivity index (χ4v) is 4.34. The Morgan fingerprint density at radius 2 is 2.00 bits per heavy atom. The van der Waals surface area contributed by atoms with Crippen LogP contribution in [0.5, 0.6) is 11.5 Å². The fourth-order valence-electron chi connectivity index (χ4n) is 3.25. The molecule has 0 amide bonds. The Bertz CT molecular complexity index is 1150. The number of benzene rings is 2. The Balaban J connectivity index is 1.71. The molecule has 8 heteroatoms. The van der Waals surface area contributed by atoms with Gasteiger partial charge in [0.2, 0.25) is 11.5 Å². The highest BCUT2D eigenvalue weighted by Crippen LogP contribution is 2.39. The van der Waals surface area contributed by atoms with E-state index >= 15 is 0 Å². The van der Waals surface area contributed by atoms with Crippen LogP contribution in [0.4, 0.5) is 5.69 Å². The number of ketones is 1. The number of carbonyl (C=O) groups is 1. The minimum Gasteiger partial charge on any atom is -0.500 e. The van der Waals surface area contributed by atoms with Crippen molar-refractivity contribution in [1.29, 1.82) is 0 Å². The van der Waals surface area contributed by atoms with E-state index in [-0.39, 0.29) is 11.5 Å². The molecule has 3 aromatic rings. The molecule has 0 fully saturated rings. The van der Waals surface area contributed by atoms with E-state index in [1.807, 2.05) is 30.3 Å². The third-order valence-electron chi connectivity index (χ3n) is 4.68. The number of hydrogen-bond donors (Lipinski definition) is 1. The van der Waals surface area contributed by atoms with Crippen LogP contribution in [0.1, 0.15) is 27.3 Å². The summed E-state index contributed by atoms with van der Waals surface area (Å²) in [6, 6.07) is 12.4. The molecular formula is C21H16N2O5S. The number of carbonyl (C=O) groups excluding carboxylic acids is 1. The number of Topliss-reactive ketones (excluding diaryl/α,β-unsaturated/α-hetero) is 1. The van der Waals surface area contributed by atoms with Crippen LogP contribution in [0.3, 0.4) is 0 Å². The fraction of sp³-hybridized carbons (Fsp3) is 0.143. The SMILES string of the molecule is COc1cc(/C=C2\CCc3nc(-c4ccccc4)sc3C2=O)cc([N+](=O)[O-])c1O. The third kappa shape index (κ3) is 3.50. The summed E-state index contributed by atoms with van der Waals surface area (Å²) in [5.41, 5.74) is 2.24. The van der Waals surface area contributed by atoms with E-state index < -0.39 is 16.4 Å². The second-order valence-corrected chi connectivity index (χ2v) is 7.51. The largest absolute Gasteiger partial charge is 0.500 e. The van der Waals surface area contributed by atoms with Gasteiger partial charge in [0.25, 0.3) is 0 Å². The van der Waals surface area contributed by atoms with Gasteiger partial charge in [-0.25, -0.2) is 4.98 Å². The zero-order valence-corrected chi connectivity index (χ0v) is 16.2. The number of nitro groups is 1. The molecule has 1 N–H and O–H groups in total. The van der Waals surface area contributed by atoms with E-state index in [4.69, 9.17) is 4.74 Å². The number of aryl methyl sites for hydroxylation is 1. The molecule has 0 saturated carbocycles. The highest BCUT2D eigenvalue weighted by Gasteiger charge is 2.27. The summed E-state index contributed by atoms with van der Waals surface area (Å²) in [7, 11) is 1.32. The molecule has 0 unspecified atom stereocenters. The predicted octanol–water partition coefficient (Wildman–Crippen LogP) is 4.65. The molecule has 7 nitrogen and oxygen atoms in total.